The number of hydrogen-bond acceptors (Lipinski definition) is 0. The van der Waals surface area contributed by atoms with Crippen LogP contribution < -0.4 is 0 Å². The second kappa shape index (κ2) is 4.47. The van der Waals surface area contributed by atoms with Crippen LogP contribution >= 0.6 is 11.6 Å². The molecule has 0 aliphatic rings. The zero-order valence-corrected chi connectivity index (χ0v) is 10.9. The Hall–Kier alpha value is -1.79. The summed E-state index contributed by atoms with van der Waals surface area (Å²) in [6.45, 7) is 2.15. The van der Waals surface area contributed by atoms with Crippen LogP contribution in [0.4, 0.5) is 0 Å². The van der Waals surface area contributed by atoms with Crippen molar-refractivity contribution in [1.82, 2.24) is 0 Å². The molecule has 0 saturated heterocycles. The molecule has 0 aromatic heterocycles. The summed E-state index contributed by atoms with van der Waals surface area (Å²) in [5.41, 5.74) is 3.77. The van der Waals surface area contributed by atoms with Gasteiger partial charge in [-0.15, -0.1) is 0 Å². The first kappa shape index (κ1) is 11.3. The molecule has 0 fully saturated rings. The Morgan fingerprint density at radius 2 is 1.39 bits per heavy atom. The second-order valence-corrected chi connectivity index (χ2v) is 4.96. The lowest BCUT2D eigenvalue weighted by atomic mass is 9.96. The van der Waals surface area contributed by atoms with Crippen LogP contribution in [0.1, 0.15) is 5.56 Å². The Bertz CT molecular complexity index is 696. The van der Waals surface area contributed by atoms with Crippen LogP contribution in [0.2, 0.25) is 5.02 Å². The van der Waals surface area contributed by atoms with Crippen molar-refractivity contribution in [3.63, 3.8) is 0 Å². The van der Waals surface area contributed by atoms with Gasteiger partial charge < -0.3 is 0 Å². The van der Waals surface area contributed by atoms with E-state index in [-0.39, 0.29) is 0 Å². The van der Waals surface area contributed by atoms with Crippen molar-refractivity contribution in [2.24, 2.45) is 0 Å². The Labute approximate surface area is 112 Å². The predicted molar refractivity (Wildman–Crippen MR) is 79.1 cm³/mol. The molecule has 0 amide bonds. The van der Waals surface area contributed by atoms with E-state index >= 15 is 0 Å². The average Bonchev–Trinajstić information content (AvgIpc) is 2.39. The smallest absolute Gasteiger partial charge is 0.0406 e. The van der Waals surface area contributed by atoms with Gasteiger partial charge in [-0.2, -0.15) is 0 Å². The van der Waals surface area contributed by atoms with Crippen LogP contribution in [0.5, 0.6) is 0 Å². The normalized spacial score (nSPS) is 10.8. The Morgan fingerprint density at radius 3 is 2.06 bits per heavy atom. The van der Waals surface area contributed by atoms with E-state index in [1.165, 1.54) is 27.5 Å². The van der Waals surface area contributed by atoms with E-state index < -0.39 is 0 Å². The van der Waals surface area contributed by atoms with Gasteiger partial charge in [-0.25, -0.2) is 0 Å². The summed E-state index contributed by atoms with van der Waals surface area (Å²) in [6.07, 6.45) is 0. The van der Waals surface area contributed by atoms with Gasteiger partial charge in [0.1, 0.15) is 0 Å². The molecule has 1 heteroatoms. The van der Waals surface area contributed by atoms with E-state index in [0.717, 1.165) is 5.02 Å². The van der Waals surface area contributed by atoms with Crippen molar-refractivity contribution in [2.45, 2.75) is 6.92 Å². The Kier molecular flexibility index (Phi) is 2.81. The first-order chi connectivity index (χ1) is 8.74. The van der Waals surface area contributed by atoms with E-state index in [4.69, 9.17) is 11.6 Å². The van der Waals surface area contributed by atoms with Crippen LogP contribution in [0.3, 0.4) is 0 Å². The zero-order valence-electron chi connectivity index (χ0n) is 10.2. The summed E-state index contributed by atoms with van der Waals surface area (Å²) >= 11 is 5.93. The van der Waals surface area contributed by atoms with Gasteiger partial charge in [0, 0.05) is 5.02 Å². The van der Waals surface area contributed by atoms with Crippen molar-refractivity contribution >= 4 is 22.4 Å². The molecule has 0 spiro atoms. The number of hydrogen-bond donors (Lipinski definition) is 0. The number of rotatable bonds is 1. The molecule has 18 heavy (non-hydrogen) atoms. The largest absolute Gasteiger partial charge is 0.0843 e. The minimum Gasteiger partial charge on any atom is -0.0843 e. The van der Waals surface area contributed by atoms with E-state index in [1.807, 2.05) is 12.1 Å². The summed E-state index contributed by atoms with van der Waals surface area (Å²) in [5, 5.41) is 3.33. The number of aryl methyl sites for hydroxylation is 1. The van der Waals surface area contributed by atoms with Gasteiger partial charge in [0.2, 0.25) is 0 Å². The number of benzene rings is 3. The van der Waals surface area contributed by atoms with Crippen molar-refractivity contribution in [1.29, 1.82) is 0 Å². The van der Waals surface area contributed by atoms with Crippen molar-refractivity contribution in [3.05, 3.63) is 71.2 Å². The summed E-state index contributed by atoms with van der Waals surface area (Å²) in [6, 6.07) is 20.9. The molecule has 0 aliphatic heterocycles. The molecule has 3 aromatic rings. The quantitative estimate of drug-likeness (QED) is 0.539. The van der Waals surface area contributed by atoms with Crippen LogP contribution in [-0.2, 0) is 0 Å². The van der Waals surface area contributed by atoms with Gasteiger partial charge in [0.05, 0.1) is 0 Å². The fourth-order valence-corrected chi connectivity index (χ4v) is 2.42. The maximum atomic E-state index is 5.93. The summed E-state index contributed by atoms with van der Waals surface area (Å²) in [7, 11) is 0. The molecule has 0 unspecified atom stereocenters. The molecule has 0 atom stereocenters. The minimum absolute atomic E-state index is 0.775. The highest BCUT2D eigenvalue weighted by Crippen LogP contribution is 2.29. The van der Waals surface area contributed by atoms with Gasteiger partial charge in [-0.1, -0.05) is 54.1 Å². The number of fused-ring (bicyclic) bond motifs is 1. The monoisotopic (exact) mass is 252 g/mol. The first-order valence-corrected chi connectivity index (χ1v) is 6.37. The molecule has 88 valence electrons. The summed E-state index contributed by atoms with van der Waals surface area (Å²) in [4.78, 5) is 0. The molecular weight excluding hydrogens is 240 g/mol. The molecule has 0 saturated carbocycles. The molecule has 0 radical (unpaired) electrons. The first-order valence-electron chi connectivity index (χ1n) is 5.99. The Morgan fingerprint density at radius 1 is 0.778 bits per heavy atom. The van der Waals surface area contributed by atoms with Gasteiger partial charge in [-0.05, 0) is 52.6 Å². The molecule has 3 aromatic carbocycles. The van der Waals surface area contributed by atoms with Crippen LogP contribution in [0.25, 0.3) is 21.9 Å². The fraction of sp³-hybridized carbons (Fsp3) is 0.0588. The standard InChI is InChI=1S/C17H13Cl/c1-12-10-14-4-2-3-5-15(14)11-17(12)13-6-8-16(18)9-7-13/h2-11H,1H3. The lowest BCUT2D eigenvalue weighted by Crippen LogP contribution is -1.84. The van der Waals surface area contributed by atoms with Crippen LogP contribution in [-0.4, -0.2) is 0 Å². The maximum absolute atomic E-state index is 5.93. The molecule has 0 N–H and O–H groups in total. The lowest BCUT2D eigenvalue weighted by Gasteiger charge is -2.08. The van der Waals surface area contributed by atoms with Crippen molar-refractivity contribution in [3.8, 4) is 11.1 Å². The average molecular weight is 253 g/mol. The zero-order chi connectivity index (χ0) is 12.5. The number of halogens is 1. The molecule has 0 bridgehead atoms. The van der Waals surface area contributed by atoms with E-state index in [9.17, 15) is 0 Å². The van der Waals surface area contributed by atoms with Crippen LogP contribution in [0, 0.1) is 6.92 Å². The molecule has 0 aliphatic carbocycles. The third-order valence-electron chi connectivity index (χ3n) is 3.25. The highest BCUT2D eigenvalue weighted by Gasteiger charge is 2.03. The topological polar surface area (TPSA) is 0 Å². The highest BCUT2D eigenvalue weighted by molar-refractivity contribution is 6.30. The van der Waals surface area contributed by atoms with Gasteiger partial charge in [0.15, 0.2) is 0 Å². The SMILES string of the molecule is Cc1cc2ccccc2cc1-c1ccc(Cl)cc1. The molecular formula is C17H13Cl. The van der Waals surface area contributed by atoms with E-state index in [0.29, 0.717) is 0 Å². The predicted octanol–water partition coefficient (Wildman–Crippen LogP) is 5.47. The molecule has 0 nitrogen and oxygen atoms in total. The minimum atomic E-state index is 0.775. The summed E-state index contributed by atoms with van der Waals surface area (Å²) < 4.78 is 0. The van der Waals surface area contributed by atoms with Crippen molar-refractivity contribution in [2.75, 3.05) is 0 Å². The van der Waals surface area contributed by atoms with Gasteiger partial charge in [0.25, 0.3) is 0 Å². The van der Waals surface area contributed by atoms with E-state index in [2.05, 4.69) is 55.5 Å². The van der Waals surface area contributed by atoms with Crippen molar-refractivity contribution < 1.29 is 0 Å². The van der Waals surface area contributed by atoms with Gasteiger partial charge >= 0.3 is 0 Å². The lowest BCUT2D eigenvalue weighted by molar-refractivity contribution is 1.48. The molecule has 3 rings (SSSR count). The third-order valence-corrected chi connectivity index (χ3v) is 3.50. The highest BCUT2D eigenvalue weighted by atomic mass is 35.5. The maximum Gasteiger partial charge on any atom is 0.0406 e. The van der Waals surface area contributed by atoms with Crippen LogP contribution in [0.15, 0.2) is 60.7 Å². The fourth-order valence-electron chi connectivity index (χ4n) is 2.29. The second-order valence-electron chi connectivity index (χ2n) is 4.52. The molecule has 0 heterocycles. The van der Waals surface area contributed by atoms with Gasteiger partial charge in [-0.3, -0.25) is 0 Å². The third kappa shape index (κ3) is 2.00. The van der Waals surface area contributed by atoms with E-state index in [1.54, 1.807) is 0 Å². The summed E-state index contributed by atoms with van der Waals surface area (Å²) in [5.74, 6) is 0. The Balaban J connectivity index is 2.22.